The maximum atomic E-state index is 14.4. The topological polar surface area (TPSA) is 52.6 Å². The maximum absolute atomic E-state index is 14.4. The first kappa shape index (κ1) is 25.6. The van der Waals surface area contributed by atoms with Crippen molar-refractivity contribution >= 4 is 5.91 Å². The summed E-state index contributed by atoms with van der Waals surface area (Å²) in [5.41, 5.74) is -0.797. The standard InChI is InChI=1S/C27H32F4N2O2/c1-19-7-9-21(10-8-19)25(11-4-12-25)24(34)32-18-22(17-20-5-2-3-6-23(20)28)33-15-13-26(35,14-16-33)27(29,30)31/h2-3,5-10,22,35H,4,11-18H2,1H3,(H,32,34)/t22-/m1/s1. The molecule has 1 aliphatic heterocycles. The van der Waals surface area contributed by atoms with E-state index in [-0.39, 0.29) is 37.8 Å². The molecule has 0 radical (unpaired) electrons. The number of nitrogens with one attached hydrogen (secondary N) is 1. The van der Waals surface area contributed by atoms with Crippen molar-refractivity contribution in [2.45, 2.75) is 68.7 Å². The van der Waals surface area contributed by atoms with Crippen LogP contribution in [0.25, 0.3) is 0 Å². The van der Waals surface area contributed by atoms with Gasteiger partial charge in [0.1, 0.15) is 5.82 Å². The lowest BCUT2D eigenvalue weighted by molar-refractivity contribution is -0.273. The zero-order valence-electron chi connectivity index (χ0n) is 19.9. The van der Waals surface area contributed by atoms with Crippen LogP contribution >= 0.6 is 0 Å². The lowest BCUT2D eigenvalue weighted by Crippen LogP contribution is -2.58. The molecule has 1 saturated carbocycles. The molecule has 190 valence electrons. The van der Waals surface area contributed by atoms with Gasteiger partial charge in [0.05, 0.1) is 5.41 Å². The molecule has 0 aromatic heterocycles. The van der Waals surface area contributed by atoms with Crippen molar-refractivity contribution in [1.29, 1.82) is 0 Å². The third kappa shape index (κ3) is 5.23. The van der Waals surface area contributed by atoms with E-state index in [0.717, 1.165) is 30.4 Å². The van der Waals surface area contributed by atoms with Gasteiger partial charge in [0.2, 0.25) is 5.91 Å². The first-order valence-corrected chi connectivity index (χ1v) is 12.2. The molecule has 0 spiro atoms. The predicted octanol–water partition coefficient (Wildman–Crippen LogP) is 4.67. The normalized spacial score (nSPS) is 20.6. The Morgan fingerprint density at radius 3 is 2.23 bits per heavy atom. The summed E-state index contributed by atoms with van der Waals surface area (Å²) in [7, 11) is 0. The Labute approximate surface area is 203 Å². The molecule has 35 heavy (non-hydrogen) atoms. The Balaban J connectivity index is 1.49. The zero-order valence-corrected chi connectivity index (χ0v) is 19.9. The summed E-state index contributed by atoms with van der Waals surface area (Å²) in [4.78, 5) is 15.2. The maximum Gasteiger partial charge on any atom is 0.417 e. The number of hydrogen-bond acceptors (Lipinski definition) is 3. The molecule has 4 rings (SSSR count). The zero-order chi connectivity index (χ0) is 25.3. The summed E-state index contributed by atoms with van der Waals surface area (Å²) >= 11 is 0. The summed E-state index contributed by atoms with van der Waals surface area (Å²) in [6.07, 6.45) is -2.93. The molecule has 0 bridgehead atoms. The first-order valence-electron chi connectivity index (χ1n) is 12.2. The molecule has 2 aromatic carbocycles. The number of likely N-dealkylation sites (tertiary alicyclic amines) is 1. The van der Waals surface area contributed by atoms with E-state index in [9.17, 15) is 27.5 Å². The summed E-state index contributed by atoms with van der Waals surface area (Å²) in [6.45, 7) is 2.19. The van der Waals surface area contributed by atoms with Gasteiger partial charge >= 0.3 is 6.18 Å². The number of halogens is 4. The summed E-state index contributed by atoms with van der Waals surface area (Å²) in [5.74, 6) is -0.488. The third-order valence-corrected chi connectivity index (χ3v) is 7.83. The largest absolute Gasteiger partial charge is 0.417 e. The van der Waals surface area contributed by atoms with Gasteiger partial charge in [-0.2, -0.15) is 13.2 Å². The van der Waals surface area contributed by atoms with E-state index in [1.165, 1.54) is 6.07 Å². The molecule has 1 amide bonds. The van der Waals surface area contributed by atoms with Crippen LogP contribution in [0.2, 0.25) is 0 Å². The number of piperidine rings is 1. The molecule has 1 aliphatic carbocycles. The number of amides is 1. The SMILES string of the molecule is Cc1ccc(C2(C(=O)NC[C@@H](Cc3ccccc3F)N3CCC(O)(C(F)(F)F)CC3)CCC2)cc1. The van der Waals surface area contributed by atoms with Gasteiger partial charge in [-0.1, -0.05) is 54.4 Å². The Hall–Kier alpha value is -2.45. The number of aryl methyl sites for hydroxylation is 1. The van der Waals surface area contributed by atoms with Crippen molar-refractivity contribution in [2.75, 3.05) is 19.6 Å². The van der Waals surface area contributed by atoms with Gasteiger partial charge < -0.3 is 10.4 Å². The molecule has 1 saturated heterocycles. The molecular formula is C27H32F4N2O2. The second-order valence-electron chi connectivity index (χ2n) is 10.0. The van der Waals surface area contributed by atoms with E-state index in [0.29, 0.717) is 5.56 Å². The Morgan fingerprint density at radius 1 is 1.06 bits per heavy atom. The van der Waals surface area contributed by atoms with Gasteiger partial charge in [0, 0.05) is 25.7 Å². The Morgan fingerprint density at radius 2 is 1.69 bits per heavy atom. The van der Waals surface area contributed by atoms with Crippen molar-refractivity contribution < 1.29 is 27.5 Å². The Bertz CT molecular complexity index is 1030. The van der Waals surface area contributed by atoms with Crippen LogP contribution < -0.4 is 5.32 Å². The molecule has 2 aromatic rings. The molecule has 8 heteroatoms. The number of carbonyl (C=O) groups is 1. The predicted molar refractivity (Wildman–Crippen MR) is 125 cm³/mol. The number of benzene rings is 2. The minimum Gasteiger partial charge on any atom is -0.380 e. The highest BCUT2D eigenvalue weighted by Gasteiger charge is 2.55. The first-order chi connectivity index (χ1) is 16.5. The van der Waals surface area contributed by atoms with Gasteiger partial charge in [-0.25, -0.2) is 4.39 Å². The molecule has 4 nitrogen and oxygen atoms in total. The van der Waals surface area contributed by atoms with E-state index in [2.05, 4.69) is 5.32 Å². The van der Waals surface area contributed by atoms with Crippen molar-refractivity contribution in [1.82, 2.24) is 10.2 Å². The molecule has 1 heterocycles. The highest BCUT2D eigenvalue weighted by molar-refractivity contribution is 5.89. The van der Waals surface area contributed by atoms with Crippen LogP contribution in [0.5, 0.6) is 0 Å². The minimum absolute atomic E-state index is 0.00804. The summed E-state index contributed by atoms with van der Waals surface area (Å²) in [5, 5.41) is 13.1. The quantitative estimate of drug-likeness (QED) is 0.553. The summed E-state index contributed by atoms with van der Waals surface area (Å²) < 4.78 is 54.3. The number of hydrogen-bond donors (Lipinski definition) is 2. The molecule has 2 fully saturated rings. The number of rotatable bonds is 7. The second kappa shape index (κ2) is 9.90. The van der Waals surface area contributed by atoms with Gasteiger partial charge in [-0.15, -0.1) is 0 Å². The second-order valence-corrected chi connectivity index (χ2v) is 10.0. The lowest BCUT2D eigenvalue weighted by Gasteiger charge is -2.44. The molecule has 0 unspecified atom stereocenters. The van der Waals surface area contributed by atoms with Crippen molar-refractivity contribution in [3.63, 3.8) is 0 Å². The van der Waals surface area contributed by atoms with E-state index in [1.54, 1.807) is 18.2 Å². The van der Waals surface area contributed by atoms with Crippen LogP contribution in [-0.4, -0.2) is 53.4 Å². The number of nitrogens with zero attached hydrogens (tertiary/aromatic N) is 1. The fraction of sp³-hybridized carbons (Fsp3) is 0.519. The highest BCUT2D eigenvalue weighted by Crippen LogP contribution is 2.44. The fourth-order valence-corrected chi connectivity index (χ4v) is 5.22. The molecule has 2 aliphatic rings. The fourth-order valence-electron chi connectivity index (χ4n) is 5.22. The Kier molecular flexibility index (Phi) is 7.25. The number of alkyl halides is 3. The van der Waals surface area contributed by atoms with E-state index >= 15 is 0 Å². The van der Waals surface area contributed by atoms with Crippen molar-refractivity contribution in [3.05, 3.63) is 71.0 Å². The van der Waals surface area contributed by atoms with Gasteiger partial charge in [0.25, 0.3) is 0 Å². The summed E-state index contributed by atoms with van der Waals surface area (Å²) in [6, 6.07) is 13.8. The third-order valence-electron chi connectivity index (χ3n) is 7.83. The smallest absolute Gasteiger partial charge is 0.380 e. The van der Waals surface area contributed by atoms with Crippen molar-refractivity contribution in [2.24, 2.45) is 0 Å². The highest BCUT2D eigenvalue weighted by atomic mass is 19.4. The average Bonchev–Trinajstić information content (AvgIpc) is 2.78. The number of carbonyl (C=O) groups excluding carboxylic acids is 1. The van der Waals surface area contributed by atoms with Crippen LogP contribution in [0.1, 0.15) is 48.8 Å². The van der Waals surface area contributed by atoms with Gasteiger partial charge in [-0.05, 0) is 56.2 Å². The number of aliphatic hydroxyl groups is 1. The van der Waals surface area contributed by atoms with Crippen LogP contribution in [0.3, 0.4) is 0 Å². The van der Waals surface area contributed by atoms with Crippen LogP contribution in [0, 0.1) is 12.7 Å². The minimum atomic E-state index is -4.70. The molecule has 1 atom stereocenters. The van der Waals surface area contributed by atoms with E-state index in [1.807, 2.05) is 36.1 Å². The van der Waals surface area contributed by atoms with Crippen LogP contribution in [-0.2, 0) is 16.6 Å². The average molecular weight is 493 g/mol. The van der Waals surface area contributed by atoms with Crippen LogP contribution in [0.15, 0.2) is 48.5 Å². The lowest BCUT2D eigenvalue weighted by atomic mass is 9.63. The molecular weight excluding hydrogens is 460 g/mol. The van der Waals surface area contributed by atoms with Crippen molar-refractivity contribution in [3.8, 4) is 0 Å². The monoisotopic (exact) mass is 492 g/mol. The van der Waals surface area contributed by atoms with Crippen LogP contribution in [0.4, 0.5) is 17.6 Å². The van der Waals surface area contributed by atoms with Gasteiger partial charge in [-0.3, -0.25) is 9.69 Å². The molecule has 2 N–H and O–H groups in total. The van der Waals surface area contributed by atoms with E-state index in [4.69, 9.17) is 0 Å². The van der Waals surface area contributed by atoms with E-state index < -0.39 is 36.1 Å². The van der Waals surface area contributed by atoms with Gasteiger partial charge in [0.15, 0.2) is 5.60 Å².